The summed E-state index contributed by atoms with van der Waals surface area (Å²) in [4.78, 5) is 4.36. The van der Waals surface area contributed by atoms with Crippen LogP contribution in [0, 0.1) is 0 Å². The summed E-state index contributed by atoms with van der Waals surface area (Å²) in [5, 5.41) is 7.99. The number of hydrogen-bond donors (Lipinski definition) is 2. The highest BCUT2D eigenvalue weighted by atomic mass is 16.3. The van der Waals surface area contributed by atoms with Crippen LogP contribution in [0.25, 0.3) is 11.0 Å². The summed E-state index contributed by atoms with van der Waals surface area (Å²) >= 11 is 0. The maximum Gasteiger partial charge on any atom is 0.139 e. The lowest BCUT2D eigenvalue weighted by molar-refractivity contribution is 0.414. The summed E-state index contributed by atoms with van der Waals surface area (Å²) in [6.07, 6.45) is 7.35. The van der Waals surface area contributed by atoms with Gasteiger partial charge in [-0.2, -0.15) is 0 Å². The Labute approximate surface area is 100 Å². The van der Waals surface area contributed by atoms with E-state index in [2.05, 4.69) is 15.6 Å². The Bertz CT molecular complexity index is 488. The van der Waals surface area contributed by atoms with Gasteiger partial charge in [0.05, 0.1) is 11.6 Å². The first-order valence-electron chi connectivity index (χ1n) is 6.23. The van der Waals surface area contributed by atoms with E-state index in [0.29, 0.717) is 6.04 Å². The van der Waals surface area contributed by atoms with Gasteiger partial charge in [0.25, 0.3) is 0 Å². The minimum absolute atomic E-state index is 0.563. The molecule has 1 fully saturated rings. The van der Waals surface area contributed by atoms with Gasteiger partial charge in [0.15, 0.2) is 0 Å². The van der Waals surface area contributed by atoms with Crippen molar-refractivity contribution < 1.29 is 4.42 Å². The highest BCUT2D eigenvalue weighted by molar-refractivity contribution is 5.87. The number of furan rings is 1. The summed E-state index contributed by atoms with van der Waals surface area (Å²) in [6.45, 7) is 2.06. The van der Waals surface area contributed by atoms with Crippen molar-refractivity contribution in [1.82, 2.24) is 10.3 Å². The van der Waals surface area contributed by atoms with Crippen LogP contribution in [0.1, 0.15) is 19.3 Å². The van der Waals surface area contributed by atoms with Gasteiger partial charge in [-0.05, 0) is 31.5 Å². The van der Waals surface area contributed by atoms with E-state index in [0.717, 1.165) is 29.9 Å². The molecule has 0 spiro atoms. The van der Waals surface area contributed by atoms with E-state index >= 15 is 0 Å². The first kappa shape index (κ1) is 10.6. The molecule has 2 aromatic heterocycles. The topological polar surface area (TPSA) is 50.1 Å². The van der Waals surface area contributed by atoms with Crippen LogP contribution in [0.4, 0.5) is 5.82 Å². The smallest absolute Gasteiger partial charge is 0.139 e. The molecule has 2 N–H and O–H groups in total. The van der Waals surface area contributed by atoms with Gasteiger partial charge in [0.2, 0.25) is 0 Å². The summed E-state index contributed by atoms with van der Waals surface area (Å²) < 4.78 is 5.35. The van der Waals surface area contributed by atoms with Crippen molar-refractivity contribution in [2.24, 2.45) is 0 Å². The third-order valence-corrected chi connectivity index (χ3v) is 3.31. The molecule has 1 aliphatic rings. The third kappa shape index (κ3) is 2.26. The Morgan fingerprint density at radius 1 is 1.41 bits per heavy atom. The van der Waals surface area contributed by atoms with Crippen molar-refractivity contribution in [3.05, 3.63) is 24.6 Å². The van der Waals surface area contributed by atoms with Crippen LogP contribution in [-0.2, 0) is 0 Å². The predicted molar refractivity (Wildman–Crippen MR) is 68.1 cm³/mol. The zero-order chi connectivity index (χ0) is 11.5. The minimum Gasteiger partial charge on any atom is -0.464 e. The standard InChI is InChI=1S/C13H17N3O/c1-2-6-14-10(3-1)9-16-13-11-5-8-17-12(11)4-7-15-13/h4-5,7-8,10,14H,1-3,6,9H2,(H,15,16). The molecule has 0 aromatic carbocycles. The molecule has 0 saturated carbocycles. The highest BCUT2D eigenvalue weighted by Gasteiger charge is 2.13. The van der Waals surface area contributed by atoms with Crippen molar-refractivity contribution in [2.75, 3.05) is 18.4 Å². The third-order valence-electron chi connectivity index (χ3n) is 3.31. The van der Waals surface area contributed by atoms with Gasteiger partial charge >= 0.3 is 0 Å². The Morgan fingerprint density at radius 2 is 2.41 bits per heavy atom. The number of piperidine rings is 1. The second-order valence-corrected chi connectivity index (χ2v) is 4.52. The molecular weight excluding hydrogens is 214 g/mol. The SMILES string of the molecule is c1cc2occc2c(NCC2CCCCN2)n1. The lowest BCUT2D eigenvalue weighted by Gasteiger charge is -2.23. The van der Waals surface area contributed by atoms with Crippen molar-refractivity contribution in [3.63, 3.8) is 0 Å². The van der Waals surface area contributed by atoms with Crippen LogP contribution < -0.4 is 10.6 Å². The Balaban J connectivity index is 1.69. The second-order valence-electron chi connectivity index (χ2n) is 4.52. The van der Waals surface area contributed by atoms with Crippen LogP contribution >= 0.6 is 0 Å². The molecule has 0 amide bonds. The monoisotopic (exact) mass is 231 g/mol. The fourth-order valence-electron chi connectivity index (χ4n) is 2.35. The summed E-state index contributed by atoms with van der Waals surface area (Å²) in [7, 11) is 0. The maximum absolute atomic E-state index is 5.35. The number of fused-ring (bicyclic) bond motifs is 1. The number of hydrogen-bond acceptors (Lipinski definition) is 4. The first-order valence-corrected chi connectivity index (χ1v) is 6.23. The fraction of sp³-hybridized carbons (Fsp3) is 0.462. The van der Waals surface area contributed by atoms with E-state index in [-0.39, 0.29) is 0 Å². The summed E-state index contributed by atoms with van der Waals surface area (Å²) in [5.74, 6) is 0.920. The van der Waals surface area contributed by atoms with E-state index in [9.17, 15) is 0 Å². The van der Waals surface area contributed by atoms with Crippen LogP contribution in [0.15, 0.2) is 29.0 Å². The van der Waals surface area contributed by atoms with E-state index in [1.165, 1.54) is 19.3 Å². The van der Waals surface area contributed by atoms with Crippen LogP contribution in [0.2, 0.25) is 0 Å². The van der Waals surface area contributed by atoms with E-state index in [1.54, 1.807) is 12.5 Å². The zero-order valence-electron chi connectivity index (χ0n) is 9.78. The van der Waals surface area contributed by atoms with Gasteiger partial charge in [-0.3, -0.25) is 0 Å². The van der Waals surface area contributed by atoms with Crippen molar-refractivity contribution in [2.45, 2.75) is 25.3 Å². The predicted octanol–water partition coefficient (Wildman–Crippen LogP) is 2.38. The fourth-order valence-corrected chi connectivity index (χ4v) is 2.35. The molecule has 2 aromatic rings. The molecule has 0 bridgehead atoms. The lowest BCUT2D eigenvalue weighted by Crippen LogP contribution is -2.39. The summed E-state index contributed by atoms with van der Waals surface area (Å²) in [5.41, 5.74) is 0.888. The van der Waals surface area contributed by atoms with Gasteiger partial charge in [0, 0.05) is 18.8 Å². The zero-order valence-corrected chi connectivity index (χ0v) is 9.78. The average molecular weight is 231 g/mol. The molecule has 1 atom stereocenters. The highest BCUT2D eigenvalue weighted by Crippen LogP contribution is 2.21. The first-order chi connectivity index (χ1) is 8.43. The largest absolute Gasteiger partial charge is 0.464 e. The average Bonchev–Trinajstić information content (AvgIpc) is 2.86. The molecule has 4 heteroatoms. The molecule has 17 heavy (non-hydrogen) atoms. The molecule has 90 valence electrons. The van der Waals surface area contributed by atoms with Gasteiger partial charge in [0.1, 0.15) is 11.4 Å². The van der Waals surface area contributed by atoms with Crippen molar-refractivity contribution >= 4 is 16.8 Å². The van der Waals surface area contributed by atoms with Crippen molar-refractivity contribution in [1.29, 1.82) is 0 Å². The quantitative estimate of drug-likeness (QED) is 0.851. The Hall–Kier alpha value is -1.55. The molecule has 1 unspecified atom stereocenters. The molecule has 4 nitrogen and oxygen atoms in total. The van der Waals surface area contributed by atoms with Crippen LogP contribution in [-0.4, -0.2) is 24.1 Å². The molecule has 1 aliphatic heterocycles. The molecule has 3 rings (SSSR count). The van der Waals surface area contributed by atoms with Gasteiger partial charge in [-0.15, -0.1) is 0 Å². The minimum atomic E-state index is 0.563. The van der Waals surface area contributed by atoms with Gasteiger partial charge in [-0.25, -0.2) is 4.98 Å². The normalized spacial score (nSPS) is 20.6. The number of pyridine rings is 1. The number of nitrogens with one attached hydrogen (secondary N) is 2. The van der Waals surface area contributed by atoms with Crippen LogP contribution in [0.5, 0.6) is 0 Å². The Kier molecular flexibility index (Phi) is 2.96. The molecule has 1 saturated heterocycles. The molecule has 3 heterocycles. The Morgan fingerprint density at radius 3 is 3.29 bits per heavy atom. The van der Waals surface area contributed by atoms with Gasteiger partial charge < -0.3 is 15.1 Å². The molecule has 0 aliphatic carbocycles. The number of aromatic nitrogens is 1. The summed E-state index contributed by atoms with van der Waals surface area (Å²) in [6, 6.07) is 4.41. The van der Waals surface area contributed by atoms with E-state index in [4.69, 9.17) is 4.42 Å². The maximum atomic E-state index is 5.35. The van der Waals surface area contributed by atoms with Crippen molar-refractivity contribution in [3.8, 4) is 0 Å². The lowest BCUT2D eigenvalue weighted by atomic mass is 10.1. The second kappa shape index (κ2) is 4.75. The van der Waals surface area contributed by atoms with Crippen LogP contribution in [0.3, 0.4) is 0 Å². The molecular formula is C13H17N3O. The van der Waals surface area contributed by atoms with E-state index < -0.39 is 0 Å². The number of nitrogens with zero attached hydrogens (tertiary/aromatic N) is 1. The van der Waals surface area contributed by atoms with Gasteiger partial charge in [-0.1, -0.05) is 6.42 Å². The number of rotatable bonds is 3. The molecule has 0 radical (unpaired) electrons. The van der Waals surface area contributed by atoms with E-state index in [1.807, 2.05) is 12.1 Å². The number of anilines is 1.